The SMILES string of the molecule is CC(=O)CNC(CCCCN)C(=O)O. The third kappa shape index (κ3) is 6.56. The molecule has 0 aromatic heterocycles. The average molecular weight is 202 g/mol. The van der Waals surface area contributed by atoms with Crippen LogP contribution in [-0.4, -0.2) is 36.0 Å². The van der Waals surface area contributed by atoms with Gasteiger partial charge in [-0.1, -0.05) is 6.42 Å². The highest BCUT2D eigenvalue weighted by Crippen LogP contribution is 2.00. The number of carboxylic acids is 1. The van der Waals surface area contributed by atoms with E-state index in [1.807, 2.05) is 0 Å². The monoisotopic (exact) mass is 202 g/mol. The van der Waals surface area contributed by atoms with Gasteiger partial charge in [0.2, 0.25) is 0 Å². The number of nitrogens with two attached hydrogens (primary N) is 1. The van der Waals surface area contributed by atoms with Crippen molar-refractivity contribution in [1.29, 1.82) is 0 Å². The minimum atomic E-state index is -0.914. The number of unbranched alkanes of at least 4 members (excludes halogenated alkanes) is 1. The zero-order chi connectivity index (χ0) is 11.0. The lowest BCUT2D eigenvalue weighted by atomic mass is 10.1. The molecule has 0 aliphatic carbocycles. The molecule has 0 amide bonds. The molecule has 14 heavy (non-hydrogen) atoms. The Morgan fingerprint density at radius 2 is 2.07 bits per heavy atom. The first-order chi connectivity index (χ1) is 6.57. The van der Waals surface area contributed by atoms with Crippen LogP contribution in [0.4, 0.5) is 0 Å². The maximum atomic E-state index is 10.7. The Kier molecular flexibility index (Phi) is 6.96. The van der Waals surface area contributed by atoms with Crippen molar-refractivity contribution in [2.45, 2.75) is 32.2 Å². The molecule has 0 fully saturated rings. The van der Waals surface area contributed by atoms with E-state index < -0.39 is 12.0 Å². The quantitative estimate of drug-likeness (QED) is 0.472. The molecule has 0 spiro atoms. The predicted molar refractivity (Wildman–Crippen MR) is 53.0 cm³/mol. The lowest BCUT2D eigenvalue weighted by Gasteiger charge is -2.12. The molecule has 0 heterocycles. The fourth-order valence-corrected chi connectivity index (χ4v) is 1.07. The van der Waals surface area contributed by atoms with Gasteiger partial charge >= 0.3 is 5.97 Å². The lowest BCUT2D eigenvalue weighted by molar-refractivity contribution is -0.139. The van der Waals surface area contributed by atoms with Crippen LogP contribution in [0.5, 0.6) is 0 Å². The number of carbonyl (C=O) groups is 2. The van der Waals surface area contributed by atoms with Gasteiger partial charge in [-0.3, -0.25) is 14.9 Å². The number of carbonyl (C=O) groups excluding carboxylic acids is 1. The van der Waals surface area contributed by atoms with E-state index in [0.717, 1.165) is 12.8 Å². The van der Waals surface area contributed by atoms with Crippen molar-refractivity contribution in [3.63, 3.8) is 0 Å². The van der Waals surface area contributed by atoms with Gasteiger partial charge in [0, 0.05) is 0 Å². The van der Waals surface area contributed by atoms with Crippen molar-refractivity contribution < 1.29 is 14.7 Å². The highest BCUT2D eigenvalue weighted by molar-refractivity contribution is 5.79. The zero-order valence-corrected chi connectivity index (χ0v) is 8.45. The van der Waals surface area contributed by atoms with E-state index in [0.29, 0.717) is 13.0 Å². The van der Waals surface area contributed by atoms with Gasteiger partial charge in [-0.15, -0.1) is 0 Å². The summed E-state index contributed by atoms with van der Waals surface area (Å²) in [5.74, 6) is -0.974. The highest BCUT2D eigenvalue weighted by atomic mass is 16.4. The molecule has 0 radical (unpaired) electrons. The predicted octanol–water partition coefficient (Wildman–Crippen LogP) is -0.253. The number of nitrogens with one attached hydrogen (secondary N) is 1. The van der Waals surface area contributed by atoms with Gasteiger partial charge in [0.25, 0.3) is 0 Å². The molecule has 1 atom stereocenters. The van der Waals surface area contributed by atoms with Crippen LogP contribution in [-0.2, 0) is 9.59 Å². The molecule has 0 aromatic carbocycles. The molecule has 5 heteroatoms. The zero-order valence-electron chi connectivity index (χ0n) is 8.45. The van der Waals surface area contributed by atoms with Gasteiger partial charge in [0.15, 0.2) is 0 Å². The van der Waals surface area contributed by atoms with Crippen LogP contribution in [0.25, 0.3) is 0 Å². The first-order valence-electron chi connectivity index (χ1n) is 4.73. The fraction of sp³-hybridized carbons (Fsp3) is 0.778. The van der Waals surface area contributed by atoms with Crippen molar-refractivity contribution in [3.8, 4) is 0 Å². The maximum absolute atomic E-state index is 10.7. The second-order valence-corrected chi connectivity index (χ2v) is 3.26. The van der Waals surface area contributed by atoms with Gasteiger partial charge in [-0.05, 0) is 26.3 Å². The Hall–Kier alpha value is -0.940. The minimum absolute atomic E-state index is 0.0601. The molecule has 1 unspecified atom stereocenters. The topological polar surface area (TPSA) is 92.4 Å². The van der Waals surface area contributed by atoms with Gasteiger partial charge in [0.05, 0.1) is 6.54 Å². The molecule has 5 nitrogen and oxygen atoms in total. The summed E-state index contributed by atoms with van der Waals surface area (Å²) in [6.07, 6.45) is 2.09. The summed E-state index contributed by atoms with van der Waals surface area (Å²) in [4.78, 5) is 21.3. The van der Waals surface area contributed by atoms with E-state index in [1.165, 1.54) is 6.92 Å². The molecule has 4 N–H and O–H groups in total. The van der Waals surface area contributed by atoms with Crippen LogP contribution < -0.4 is 11.1 Å². The van der Waals surface area contributed by atoms with E-state index in [9.17, 15) is 9.59 Å². The maximum Gasteiger partial charge on any atom is 0.320 e. The summed E-state index contributed by atoms with van der Waals surface area (Å²) in [5.41, 5.74) is 5.29. The largest absolute Gasteiger partial charge is 0.480 e. The minimum Gasteiger partial charge on any atom is -0.480 e. The molecule has 0 bridgehead atoms. The van der Waals surface area contributed by atoms with E-state index in [-0.39, 0.29) is 12.3 Å². The molecular weight excluding hydrogens is 184 g/mol. The Morgan fingerprint density at radius 3 is 2.50 bits per heavy atom. The van der Waals surface area contributed by atoms with Gasteiger partial charge < -0.3 is 10.8 Å². The summed E-state index contributed by atoms with van der Waals surface area (Å²) < 4.78 is 0. The molecule has 0 saturated carbocycles. The van der Waals surface area contributed by atoms with Crippen molar-refractivity contribution in [2.75, 3.05) is 13.1 Å². The first-order valence-corrected chi connectivity index (χ1v) is 4.73. The summed E-state index contributed by atoms with van der Waals surface area (Å²) in [6, 6.07) is -0.634. The summed E-state index contributed by atoms with van der Waals surface area (Å²) in [5, 5.41) is 11.5. The normalized spacial score (nSPS) is 12.4. The molecule has 0 aliphatic rings. The first kappa shape index (κ1) is 13.1. The average Bonchev–Trinajstić information content (AvgIpc) is 2.10. The van der Waals surface area contributed by atoms with Crippen LogP contribution in [0, 0.1) is 0 Å². The number of carboxylic acid groups (broad SMARTS) is 1. The standard InChI is InChI=1S/C9H18N2O3/c1-7(12)6-11-8(9(13)14)4-2-3-5-10/h8,11H,2-6,10H2,1H3,(H,13,14). The summed E-state index contributed by atoms with van der Waals surface area (Å²) >= 11 is 0. The highest BCUT2D eigenvalue weighted by Gasteiger charge is 2.15. The van der Waals surface area contributed by atoms with Crippen LogP contribution in [0.15, 0.2) is 0 Å². The Balaban J connectivity index is 3.78. The van der Waals surface area contributed by atoms with Crippen LogP contribution >= 0.6 is 0 Å². The molecule has 0 rings (SSSR count). The van der Waals surface area contributed by atoms with Gasteiger partial charge in [-0.25, -0.2) is 0 Å². The van der Waals surface area contributed by atoms with Gasteiger partial charge in [0.1, 0.15) is 11.8 Å². The Labute approximate surface area is 83.7 Å². The molecule has 0 aromatic rings. The number of hydrogen-bond acceptors (Lipinski definition) is 4. The second kappa shape index (κ2) is 7.46. The number of aliphatic carboxylic acids is 1. The van der Waals surface area contributed by atoms with Gasteiger partial charge in [-0.2, -0.15) is 0 Å². The molecular formula is C9H18N2O3. The van der Waals surface area contributed by atoms with Crippen LogP contribution in [0.1, 0.15) is 26.2 Å². The van der Waals surface area contributed by atoms with Crippen molar-refractivity contribution in [1.82, 2.24) is 5.32 Å². The van der Waals surface area contributed by atoms with E-state index in [1.54, 1.807) is 0 Å². The smallest absolute Gasteiger partial charge is 0.320 e. The van der Waals surface area contributed by atoms with E-state index in [4.69, 9.17) is 10.8 Å². The molecule has 0 aliphatic heterocycles. The number of rotatable bonds is 8. The van der Waals surface area contributed by atoms with E-state index in [2.05, 4.69) is 5.32 Å². The number of Topliss-reactive ketones (excluding diaryl/α,β-unsaturated/α-hetero) is 1. The third-order valence-electron chi connectivity index (χ3n) is 1.84. The van der Waals surface area contributed by atoms with Crippen LogP contribution in [0.2, 0.25) is 0 Å². The Morgan fingerprint density at radius 1 is 1.43 bits per heavy atom. The molecule has 0 saturated heterocycles. The summed E-state index contributed by atoms with van der Waals surface area (Å²) in [6.45, 7) is 2.10. The second-order valence-electron chi connectivity index (χ2n) is 3.26. The van der Waals surface area contributed by atoms with Crippen molar-refractivity contribution in [3.05, 3.63) is 0 Å². The number of ketones is 1. The van der Waals surface area contributed by atoms with Crippen LogP contribution in [0.3, 0.4) is 0 Å². The Bertz CT molecular complexity index is 194. The lowest BCUT2D eigenvalue weighted by Crippen LogP contribution is -2.39. The van der Waals surface area contributed by atoms with Crippen molar-refractivity contribution in [2.24, 2.45) is 5.73 Å². The fourth-order valence-electron chi connectivity index (χ4n) is 1.07. The third-order valence-corrected chi connectivity index (χ3v) is 1.84. The summed E-state index contributed by atoms with van der Waals surface area (Å²) in [7, 11) is 0. The molecule has 82 valence electrons. The number of hydrogen-bond donors (Lipinski definition) is 3. The van der Waals surface area contributed by atoms with E-state index >= 15 is 0 Å². The van der Waals surface area contributed by atoms with Crippen molar-refractivity contribution >= 4 is 11.8 Å².